The second kappa shape index (κ2) is 10.3. The van der Waals surface area contributed by atoms with Crippen molar-refractivity contribution in [2.45, 2.75) is 18.8 Å². The van der Waals surface area contributed by atoms with Gasteiger partial charge in [0.15, 0.2) is 0 Å². The zero-order chi connectivity index (χ0) is 23.2. The lowest BCUT2D eigenvalue weighted by Crippen LogP contribution is -2.40. The summed E-state index contributed by atoms with van der Waals surface area (Å²) in [5.41, 5.74) is 1.30. The molecule has 4 rings (SSSR count). The summed E-state index contributed by atoms with van der Waals surface area (Å²) in [5, 5.41) is 15.2. The second-order valence-corrected chi connectivity index (χ2v) is 8.53. The Labute approximate surface area is 195 Å². The molecule has 1 aromatic heterocycles. The van der Waals surface area contributed by atoms with Gasteiger partial charge in [-0.05, 0) is 37.1 Å². The van der Waals surface area contributed by atoms with E-state index >= 15 is 0 Å². The zero-order valence-corrected chi connectivity index (χ0v) is 19.2. The van der Waals surface area contributed by atoms with Crippen LogP contribution >= 0.6 is 11.3 Å². The van der Waals surface area contributed by atoms with Crippen molar-refractivity contribution in [1.29, 1.82) is 0 Å². The van der Waals surface area contributed by atoms with Gasteiger partial charge in [-0.2, -0.15) is 0 Å². The smallest absolute Gasteiger partial charge is 0.321 e. The van der Waals surface area contributed by atoms with E-state index < -0.39 is 0 Å². The average Bonchev–Trinajstić information content (AvgIpc) is 3.35. The van der Waals surface area contributed by atoms with Gasteiger partial charge in [0.05, 0.1) is 19.9 Å². The van der Waals surface area contributed by atoms with Crippen molar-refractivity contribution in [3.05, 3.63) is 58.5 Å². The van der Waals surface area contributed by atoms with E-state index in [0.717, 1.165) is 17.8 Å². The molecule has 1 saturated heterocycles. The predicted octanol–water partition coefficient (Wildman–Crippen LogP) is 4.22. The third-order valence-corrected chi connectivity index (χ3v) is 6.53. The lowest BCUT2D eigenvalue weighted by molar-refractivity contribution is 0.102. The molecular formula is C23H25N5O4S. The number of para-hydroxylation sites is 1. The van der Waals surface area contributed by atoms with Gasteiger partial charge in [0, 0.05) is 30.8 Å². The molecule has 2 N–H and O–H groups in total. The van der Waals surface area contributed by atoms with Crippen LogP contribution in [0.3, 0.4) is 0 Å². The van der Waals surface area contributed by atoms with Crippen molar-refractivity contribution in [1.82, 2.24) is 15.1 Å². The highest BCUT2D eigenvalue weighted by molar-refractivity contribution is 7.13. The van der Waals surface area contributed by atoms with E-state index in [4.69, 9.17) is 9.47 Å². The lowest BCUT2D eigenvalue weighted by atomic mass is 9.98. The lowest BCUT2D eigenvalue weighted by Gasteiger charge is -2.31. The standard InChI is InChI=1S/C23H25N5O4S/c1-31-17-8-9-18(19(14-17)32-2)25-23(30)28-12-10-15(11-13-28)21-26-27-22(33-21)20(29)24-16-6-4-3-5-7-16/h3-9,14-15H,10-13H2,1-2H3,(H,24,29)(H,25,30). The van der Waals surface area contributed by atoms with E-state index in [1.807, 2.05) is 30.3 Å². The number of nitrogens with zero attached hydrogens (tertiary/aromatic N) is 3. The van der Waals surface area contributed by atoms with Crippen molar-refractivity contribution in [3.63, 3.8) is 0 Å². The summed E-state index contributed by atoms with van der Waals surface area (Å²) in [5.74, 6) is 1.09. The minimum absolute atomic E-state index is 0.167. The number of urea groups is 1. The first-order valence-corrected chi connectivity index (χ1v) is 11.4. The minimum atomic E-state index is -0.268. The molecule has 0 aliphatic carbocycles. The summed E-state index contributed by atoms with van der Waals surface area (Å²) in [6.07, 6.45) is 1.50. The highest BCUT2D eigenvalue weighted by Gasteiger charge is 2.27. The number of ether oxygens (including phenoxy) is 2. The van der Waals surface area contributed by atoms with Crippen LogP contribution in [0.1, 0.15) is 33.6 Å². The molecule has 9 nitrogen and oxygen atoms in total. The molecule has 0 bridgehead atoms. The fraction of sp³-hybridized carbons (Fsp3) is 0.304. The topological polar surface area (TPSA) is 106 Å². The quantitative estimate of drug-likeness (QED) is 0.562. The summed E-state index contributed by atoms with van der Waals surface area (Å²) < 4.78 is 10.5. The molecule has 1 aliphatic rings. The van der Waals surface area contributed by atoms with E-state index in [1.54, 1.807) is 37.3 Å². The Morgan fingerprint density at radius 3 is 2.45 bits per heavy atom. The largest absolute Gasteiger partial charge is 0.497 e. The second-order valence-electron chi connectivity index (χ2n) is 7.52. The molecule has 2 heterocycles. The molecule has 1 fully saturated rings. The fourth-order valence-electron chi connectivity index (χ4n) is 3.62. The molecule has 172 valence electrons. The van der Waals surface area contributed by atoms with Crippen molar-refractivity contribution in [3.8, 4) is 11.5 Å². The number of carbonyl (C=O) groups excluding carboxylic acids is 2. The fourth-order valence-corrected chi connectivity index (χ4v) is 4.53. The van der Waals surface area contributed by atoms with Crippen LogP contribution in [0, 0.1) is 0 Å². The average molecular weight is 468 g/mol. The molecule has 0 atom stereocenters. The molecule has 10 heteroatoms. The van der Waals surface area contributed by atoms with E-state index in [0.29, 0.717) is 41.0 Å². The third kappa shape index (κ3) is 5.40. The van der Waals surface area contributed by atoms with Crippen LogP contribution in [0.5, 0.6) is 11.5 Å². The summed E-state index contributed by atoms with van der Waals surface area (Å²) >= 11 is 1.31. The van der Waals surface area contributed by atoms with Gasteiger partial charge < -0.3 is 25.0 Å². The van der Waals surface area contributed by atoms with Crippen LogP contribution in [0.2, 0.25) is 0 Å². The first-order valence-electron chi connectivity index (χ1n) is 10.5. The number of benzene rings is 2. The Morgan fingerprint density at radius 2 is 1.76 bits per heavy atom. The number of amides is 3. The van der Waals surface area contributed by atoms with Crippen molar-refractivity contribution >= 4 is 34.6 Å². The van der Waals surface area contributed by atoms with Crippen LogP contribution in [0.25, 0.3) is 0 Å². The monoisotopic (exact) mass is 467 g/mol. The highest BCUT2D eigenvalue weighted by Crippen LogP contribution is 2.32. The van der Waals surface area contributed by atoms with Crippen LogP contribution in [-0.2, 0) is 0 Å². The summed E-state index contributed by atoms with van der Waals surface area (Å²) in [6, 6.07) is 14.3. The molecule has 2 aromatic carbocycles. The van der Waals surface area contributed by atoms with Crippen LogP contribution in [0.4, 0.5) is 16.2 Å². The first kappa shape index (κ1) is 22.5. The number of rotatable bonds is 6. The Morgan fingerprint density at radius 1 is 1.00 bits per heavy atom. The number of anilines is 2. The van der Waals surface area contributed by atoms with Crippen molar-refractivity contribution in [2.75, 3.05) is 37.9 Å². The van der Waals surface area contributed by atoms with Gasteiger partial charge in [0.25, 0.3) is 5.91 Å². The summed E-state index contributed by atoms with van der Waals surface area (Å²) in [4.78, 5) is 27.0. The molecule has 3 amide bonds. The van der Waals surface area contributed by atoms with Gasteiger partial charge in [0.2, 0.25) is 5.01 Å². The number of hydrogen-bond acceptors (Lipinski definition) is 7. The SMILES string of the molecule is COc1ccc(NC(=O)N2CCC(c3nnc(C(=O)Nc4ccccc4)s3)CC2)c(OC)c1. The maximum atomic E-state index is 12.8. The third-order valence-electron chi connectivity index (χ3n) is 5.45. The molecule has 0 radical (unpaired) electrons. The minimum Gasteiger partial charge on any atom is -0.497 e. The number of nitrogens with one attached hydrogen (secondary N) is 2. The number of piperidine rings is 1. The highest BCUT2D eigenvalue weighted by atomic mass is 32.1. The van der Waals surface area contributed by atoms with Crippen molar-refractivity contribution in [2.24, 2.45) is 0 Å². The molecule has 0 saturated carbocycles. The number of methoxy groups -OCH3 is 2. The molecule has 33 heavy (non-hydrogen) atoms. The van der Waals surface area contributed by atoms with Crippen LogP contribution < -0.4 is 20.1 Å². The Kier molecular flexibility index (Phi) is 7.04. The first-order chi connectivity index (χ1) is 16.1. The van der Waals surface area contributed by atoms with Gasteiger partial charge >= 0.3 is 6.03 Å². The molecule has 1 aliphatic heterocycles. The Hall–Kier alpha value is -3.66. The molecule has 0 unspecified atom stereocenters. The molecular weight excluding hydrogens is 442 g/mol. The molecule has 3 aromatic rings. The molecule has 0 spiro atoms. The zero-order valence-electron chi connectivity index (χ0n) is 18.4. The van der Waals surface area contributed by atoms with Gasteiger partial charge in [-0.25, -0.2) is 4.79 Å². The van der Waals surface area contributed by atoms with E-state index in [2.05, 4.69) is 20.8 Å². The van der Waals surface area contributed by atoms with Gasteiger partial charge in [-0.15, -0.1) is 10.2 Å². The summed E-state index contributed by atoms with van der Waals surface area (Å²) in [7, 11) is 3.13. The maximum absolute atomic E-state index is 12.8. The van der Waals surface area contributed by atoms with Crippen LogP contribution in [0.15, 0.2) is 48.5 Å². The van der Waals surface area contributed by atoms with Gasteiger partial charge in [-0.1, -0.05) is 29.5 Å². The summed E-state index contributed by atoms with van der Waals surface area (Å²) in [6.45, 7) is 1.17. The van der Waals surface area contributed by atoms with Gasteiger partial charge in [0.1, 0.15) is 16.5 Å². The number of aromatic nitrogens is 2. The number of carbonyl (C=O) groups is 2. The van der Waals surface area contributed by atoms with Crippen LogP contribution in [-0.4, -0.2) is 54.3 Å². The Bertz CT molecular complexity index is 1110. The normalized spacial score (nSPS) is 13.9. The number of hydrogen-bond donors (Lipinski definition) is 2. The number of likely N-dealkylation sites (tertiary alicyclic amines) is 1. The predicted molar refractivity (Wildman–Crippen MR) is 126 cm³/mol. The Balaban J connectivity index is 1.32. The van der Waals surface area contributed by atoms with Crippen molar-refractivity contribution < 1.29 is 19.1 Å². The van der Waals surface area contributed by atoms with E-state index in [1.165, 1.54) is 11.3 Å². The van der Waals surface area contributed by atoms with E-state index in [-0.39, 0.29) is 17.9 Å². The van der Waals surface area contributed by atoms with Gasteiger partial charge in [-0.3, -0.25) is 4.79 Å². The van der Waals surface area contributed by atoms with E-state index in [9.17, 15) is 9.59 Å². The maximum Gasteiger partial charge on any atom is 0.321 e.